The Hall–Kier alpha value is -0.970. The maximum atomic E-state index is 12.8. The average molecular weight is 192 g/mol. The van der Waals surface area contributed by atoms with Gasteiger partial charge in [0, 0.05) is 0 Å². The number of carbonyl (C=O) groups is 1. The molecule has 0 aliphatic rings. The Labute approximate surface area is 71.5 Å². The zero-order valence-corrected chi connectivity index (χ0v) is 6.99. The van der Waals surface area contributed by atoms with Crippen LogP contribution in [0.5, 0.6) is 0 Å². The lowest BCUT2D eigenvalue weighted by molar-refractivity contribution is -0.165. The van der Waals surface area contributed by atoms with E-state index in [-0.39, 0.29) is 0 Å². The van der Waals surface area contributed by atoms with Crippen LogP contribution in [0, 0.1) is 6.92 Å². The van der Waals surface area contributed by atoms with Crippen LogP contribution >= 0.6 is 11.3 Å². The second-order valence-corrected chi connectivity index (χ2v) is 3.23. The van der Waals surface area contributed by atoms with Crippen LogP contribution in [-0.2, 0) is 10.7 Å². The fourth-order valence-corrected chi connectivity index (χ4v) is 1.69. The van der Waals surface area contributed by atoms with E-state index in [1.807, 2.05) is 0 Å². The Kier molecular flexibility index (Phi) is 2.14. The molecule has 0 amide bonds. The summed E-state index contributed by atoms with van der Waals surface area (Å²) in [6, 6.07) is 1.47. The highest BCUT2D eigenvalue weighted by Gasteiger charge is 2.43. The summed E-state index contributed by atoms with van der Waals surface area (Å²) < 4.78 is 25.6. The standard InChI is InChI=1S/C7H6F2O2S/c1-4-2-3-12-5(4)7(8,9)6(10)11/h2-3H,1H3,(H,10,11). The van der Waals surface area contributed by atoms with Crippen LogP contribution in [0.2, 0.25) is 0 Å². The minimum Gasteiger partial charge on any atom is -0.477 e. The largest absolute Gasteiger partial charge is 0.477 e. The monoisotopic (exact) mass is 192 g/mol. The van der Waals surface area contributed by atoms with E-state index in [0.29, 0.717) is 5.56 Å². The molecule has 0 saturated carbocycles. The molecule has 0 radical (unpaired) electrons. The molecule has 2 nitrogen and oxygen atoms in total. The second-order valence-electron chi connectivity index (χ2n) is 2.31. The molecule has 66 valence electrons. The Balaban J connectivity index is 3.13. The number of aliphatic carboxylic acids is 1. The highest BCUT2D eigenvalue weighted by molar-refractivity contribution is 7.10. The van der Waals surface area contributed by atoms with Gasteiger partial charge in [0.15, 0.2) is 0 Å². The number of hydrogen-bond acceptors (Lipinski definition) is 2. The van der Waals surface area contributed by atoms with Crippen molar-refractivity contribution in [3.8, 4) is 0 Å². The second kappa shape index (κ2) is 2.82. The van der Waals surface area contributed by atoms with Crippen molar-refractivity contribution in [1.29, 1.82) is 0 Å². The molecule has 1 aromatic heterocycles. The highest BCUT2D eigenvalue weighted by Crippen LogP contribution is 2.34. The van der Waals surface area contributed by atoms with Gasteiger partial charge in [-0.05, 0) is 23.9 Å². The minimum atomic E-state index is -3.75. The summed E-state index contributed by atoms with van der Waals surface area (Å²) in [5, 5.41) is 9.64. The fraction of sp³-hybridized carbons (Fsp3) is 0.286. The van der Waals surface area contributed by atoms with Gasteiger partial charge in [-0.2, -0.15) is 8.78 Å². The van der Waals surface area contributed by atoms with E-state index in [9.17, 15) is 13.6 Å². The van der Waals surface area contributed by atoms with Crippen LogP contribution in [0.1, 0.15) is 10.4 Å². The first-order valence-electron chi connectivity index (χ1n) is 3.12. The van der Waals surface area contributed by atoms with Gasteiger partial charge in [-0.3, -0.25) is 0 Å². The first-order valence-corrected chi connectivity index (χ1v) is 4.00. The molecule has 1 aromatic rings. The minimum absolute atomic E-state index is 0.312. The molecular weight excluding hydrogens is 186 g/mol. The Morgan fingerprint density at radius 1 is 1.67 bits per heavy atom. The lowest BCUT2D eigenvalue weighted by Crippen LogP contribution is -2.24. The molecule has 5 heteroatoms. The molecule has 0 spiro atoms. The van der Waals surface area contributed by atoms with Crippen molar-refractivity contribution >= 4 is 17.3 Å². The summed E-state index contributed by atoms with van der Waals surface area (Å²) in [5.41, 5.74) is 0.312. The molecule has 0 fully saturated rings. The number of aryl methyl sites for hydroxylation is 1. The first kappa shape index (κ1) is 9.12. The third-order valence-electron chi connectivity index (χ3n) is 1.42. The van der Waals surface area contributed by atoms with Crippen LogP contribution < -0.4 is 0 Å². The van der Waals surface area contributed by atoms with Crippen molar-refractivity contribution in [2.75, 3.05) is 0 Å². The first-order chi connectivity index (χ1) is 5.46. The summed E-state index contributed by atoms with van der Waals surface area (Å²) in [6.45, 7) is 1.46. The molecule has 0 saturated heterocycles. The number of halogens is 2. The Bertz CT molecular complexity index is 306. The van der Waals surface area contributed by atoms with Gasteiger partial charge in [0.2, 0.25) is 0 Å². The number of thiophene rings is 1. The van der Waals surface area contributed by atoms with Gasteiger partial charge in [-0.25, -0.2) is 4.79 Å². The summed E-state index contributed by atoms with van der Waals surface area (Å²) in [5.74, 6) is -5.86. The molecule has 12 heavy (non-hydrogen) atoms. The lowest BCUT2D eigenvalue weighted by atomic mass is 10.2. The van der Waals surface area contributed by atoms with Gasteiger partial charge in [0.25, 0.3) is 0 Å². The summed E-state index contributed by atoms with van der Waals surface area (Å²) in [4.78, 5) is 9.73. The zero-order chi connectivity index (χ0) is 9.35. The number of carboxylic acids is 1. The quantitative estimate of drug-likeness (QED) is 0.780. The maximum absolute atomic E-state index is 12.8. The number of alkyl halides is 2. The molecule has 0 unspecified atom stereocenters. The smallest absolute Gasteiger partial charge is 0.380 e. The van der Waals surface area contributed by atoms with Crippen molar-refractivity contribution in [2.24, 2.45) is 0 Å². The zero-order valence-electron chi connectivity index (χ0n) is 6.17. The normalized spacial score (nSPS) is 11.6. The Morgan fingerprint density at radius 3 is 2.58 bits per heavy atom. The van der Waals surface area contributed by atoms with E-state index in [1.54, 1.807) is 0 Å². The average Bonchev–Trinajstić information content (AvgIpc) is 2.35. The molecule has 0 atom stereocenters. The van der Waals surface area contributed by atoms with Crippen molar-refractivity contribution in [3.63, 3.8) is 0 Å². The van der Waals surface area contributed by atoms with E-state index in [0.717, 1.165) is 11.3 Å². The van der Waals surface area contributed by atoms with Crippen molar-refractivity contribution in [3.05, 3.63) is 21.9 Å². The van der Waals surface area contributed by atoms with E-state index < -0.39 is 16.8 Å². The number of carboxylic acid groups (broad SMARTS) is 1. The van der Waals surface area contributed by atoms with E-state index >= 15 is 0 Å². The van der Waals surface area contributed by atoms with Crippen LogP contribution in [-0.4, -0.2) is 11.1 Å². The Morgan fingerprint density at radius 2 is 2.25 bits per heavy atom. The maximum Gasteiger partial charge on any atom is 0.380 e. The topological polar surface area (TPSA) is 37.3 Å². The van der Waals surface area contributed by atoms with E-state index in [4.69, 9.17) is 5.11 Å². The predicted molar refractivity (Wildman–Crippen MR) is 40.6 cm³/mol. The molecule has 0 aliphatic heterocycles. The molecule has 0 aromatic carbocycles. The lowest BCUT2D eigenvalue weighted by Gasteiger charge is -2.09. The third-order valence-corrected chi connectivity index (χ3v) is 2.50. The van der Waals surface area contributed by atoms with Crippen molar-refractivity contribution in [1.82, 2.24) is 0 Å². The van der Waals surface area contributed by atoms with Gasteiger partial charge in [-0.1, -0.05) is 0 Å². The summed E-state index contributed by atoms with van der Waals surface area (Å²) >= 11 is 0.754. The van der Waals surface area contributed by atoms with Crippen LogP contribution in [0.25, 0.3) is 0 Å². The van der Waals surface area contributed by atoms with Crippen LogP contribution in [0.15, 0.2) is 11.4 Å². The highest BCUT2D eigenvalue weighted by atomic mass is 32.1. The number of hydrogen-bond donors (Lipinski definition) is 1. The molecular formula is C7H6F2O2S. The molecule has 1 heterocycles. The molecule has 1 rings (SSSR count). The van der Waals surface area contributed by atoms with Gasteiger partial charge >= 0.3 is 11.9 Å². The van der Waals surface area contributed by atoms with E-state index in [2.05, 4.69) is 0 Å². The van der Waals surface area contributed by atoms with Crippen LogP contribution in [0.4, 0.5) is 8.78 Å². The van der Waals surface area contributed by atoms with Crippen LogP contribution in [0.3, 0.4) is 0 Å². The molecule has 0 bridgehead atoms. The molecule has 1 N–H and O–H groups in total. The fourth-order valence-electron chi connectivity index (χ4n) is 0.792. The molecule has 0 aliphatic carbocycles. The van der Waals surface area contributed by atoms with Gasteiger partial charge in [-0.15, -0.1) is 11.3 Å². The van der Waals surface area contributed by atoms with Gasteiger partial charge in [0.05, 0.1) is 4.88 Å². The predicted octanol–water partition coefficient (Wildman–Crippen LogP) is 2.23. The SMILES string of the molecule is Cc1ccsc1C(F)(F)C(=O)O. The van der Waals surface area contributed by atoms with Gasteiger partial charge < -0.3 is 5.11 Å². The summed E-state index contributed by atoms with van der Waals surface area (Å²) in [6.07, 6.45) is 0. The summed E-state index contributed by atoms with van der Waals surface area (Å²) in [7, 11) is 0. The van der Waals surface area contributed by atoms with Crippen molar-refractivity contribution < 1.29 is 18.7 Å². The van der Waals surface area contributed by atoms with E-state index in [1.165, 1.54) is 18.4 Å². The number of rotatable bonds is 2. The van der Waals surface area contributed by atoms with Gasteiger partial charge in [0.1, 0.15) is 0 Å². The van der Waals surface area contributed by atoms with Crippen molar-refractivity contribution in [2.45, 2.75) is 12.8 Å². The third kappa shape index (κ3) is 1.32.